The van der Waals surface area contributed by atoms with Crippen molar-refractivity contribution in [3.05, 3.63) is 35.9 Å². The van der Waals surface area contributed by atoms with E-state index in [0.29, 0.717) is 4.90 Å². The van der Waals surface area contributed by atoms with Crippen LogP contribution in [0.25, 0.3) is 0 Å². The summed E-state index contributed by atoms with van der Waals surface area (Å²) in [6.45, 7) is 0.151. The van der Waals surface area contributed by atoms with Gasteiger partial charge < -0.3 is 25.6 Å². The van der Waals surface area contributed by atoms with Gasteiger partial charge in [0.2, 0.25) is 5.91 Å². The predicted molar refractivity (Wildman–Crippen MR) is 92.0 cm³/mol. The number of carbonyl (C=O) groups is 5. The van der Waals surface area contributed by atoms with Crippen LogP contribution >= 0.6 is 0 Å². The number of carbonyl (C=O) groups excluding carboxylic acids is 3. The van der Waals surface area contributed by atoms with E-state index in [1.54, 1.807) is 24.3 Å². The Morgan fingerprint density at radius 3 is 2.21 bits per heavy atom. The zero-order valence-corrected chi connectivity index (χ0v) is 14.7. The first-order chi connectivity index (χ1) is 13.3. The van der Waals surface area contributed by atoms with E-state index in [0.717, 1.165) is 5.56 Å². The number of nitrogens with zero attached hydrogens (tertiary/aromatic N) is 1. The second-order valence-corrected chi connectivity index (χ2v) is 5.99. The molecule has 1 aromatic rings. The Bertz CT molecular complexity index is 767. The number of carboxylic acids is 2. The Morgan fingerprint density at radius 1 is 1.04 bits per heavy atom. The van der Waals surface area contributed by atoms with Crippen LogP contribution < -0.4 is 10.6 Å². The Kier molecular flexibility index (Phi) is 6.90. The molecule has 0 bridgehead atoms. The fourth-order valence-corrected chi connectivity index (χ4v) is 2.48. The third kappa shape index (κ3) is 5.43. The summed E-state index contributed by atoms with van der Waals surface area (Å²) in [7, 11) is 0. The highest BCUT2D eigenvalue weighted by Gasteiger charge is 2.41. The number of ether oxygens (including phenoxy) is 1. The lowest BCUT2D eigenvalue weighted by molar-refractivity contribution is -0.142. The maximum Gasteiger partial charge on any atom is 0.419 e. The maximum absolute atomic E-state index is 11.7. The number of hydrogen-bond acceptors (Lipinski definition) is 6. The van der Waals surface area contributed by atoms with Crippen molar-refractivity contribution >= 4 is 30.0 Å². The Morgan fingerprint density at radius 2 is 1.71 bits per heavy atom. The van der Waals surface area contributed by atoms with E-state index in [4.69, 9.17) is 14.9 Å². The molecule has 150 valence electrons. The van der Waals surface area contributed by atoms with Crippen LogP contribution in [0.5, 0.6) is 0 Å². The van der Waals surface area contributed by atoms with Crippen LogP contribution in [-0.4, -0.2) is 64.2 Å². The molecule has 1 aromatic carbocycles. The van der Waals surface area contributed by atoms with Crippen LogP contribution in [0.1, 0.15) is 12.0 Å². The van der Waals surface area contributed by atoms with E-state index < -0.39 is 36.0 Å². The molecule has 2 fully saturated rings. The number of imide groups is 1. The van der Waals surface area contributed by atoms with Gasteiger partial charge >= 0.3 is 24.1 Å². The van der Waals surface area contributed by atoms with Crippen molar-refractivity contribution < 1.29 is 38.9 Å². The summed E-state index contributed by atoms with van der Waals surface area (Å²) in [5.41, 5.74) is 0.752. The van der Waals surface area contributed by atoms with Gasteiger partial charge in [-0.3, -0.25) is 9.59 Å². The van der Waals surface area contributed by atoms with Crippen molar-refractivity contribution in [1.82, 2.24) is 15.5 Å². The van der Waals surface area contributed by atoms with E-state index in [1.165, 1.54) is 0 Å². The minimum atomic E-state index is -1.25. The van der Waals surface area contributed by atoms with Crippen LogP contribution in [0.2, 0.25) is 0 Å². The quantitative estimate of drug-likeness (QED) is 0.556. The van der Waals surface area contributed by atoms with Gasteiger partial charge in [-0.25, -0.2) is 19.3 Å². The van der Waals surface area contributed by atoms with Crippen LogP contribution in [0.15, 0.2) is 30.3 Å². The van der Waals surface area contributed by atoms with E-state index in [2.05, 4.69) is 10.6 Å². The van der Waals surface area contributed by atoms with Crippen LogP contribution in [0.3, 0.4) is 0 Å². The first kappa shape index (κ1) is 20.7. The average molecular weight is 393 g/mol. The second-order valence-electron chi connectivity index (χ2n) is 5.99. The van der Waals surface area contributed by atoms with Crippen molar-refractivity contribution in [3.8, 4) is 0 Å². The van der Waals surface area contributed by atoms with Crippen molar-refractivity contribution in [1.29, 1.82) is 0 Å². The SMILES string of the molecule is O=C(O)[C@H]1CNC(=O)N1C(=O)OCc1ccccc1.O=C1C[C@@H](C(=O)O)CN1. The standard InChI is InChI=1S/C12H12N2O5.C5H7NO3/c15-10(16)9-6-13-11(17)14(9)12(18)19-7-8-4-2-1-3-5-8;7-4-1-3(2-6-4)5(8)9/h1-5,9H,6-7H2,(H,13,17)(H,15,16);3H,1-2H2,(H,6,7)(H,8,9)/t9-;3-/m11/s1. The summed E-state index contributed by atoms with van der Waals surface area (Å²) in [6, 6.07) is 6.91. The molecule has 2 atom stereocenters. The third-order valence-corrected chi connectivity index (χ3v) is 3.99. The molecular formula is C17H19N3O8. The van der Waals surface area contributed by atoms with Gasteiger partial charge in [-0.15, -0.1) is 0 Å². The Balaban J connectivity index is 0.000000261. The first-order valence-electron chi connectivity index (χ1n) is 8.29. The molecule has 11 nitrogen and oxygen atoms in total. The molecule has 2 heterocycles. The van der Waals surface area contributed by atoms with Crippen molar-refractivity contribution in [2.24, 2.45) is 5.92 Å². The van der Waals surface area contributed by atoms with Gasteiger partial charge in [0, 0.05) is 13.0 Å². The summed E-state index contributed by atoms with van der Waals surface area (Å²) in [5.74, 6) is -2.82. The molecule has 4 amide bonds. The molecule has 0 unspecified atom stereocenters. The average Bonchev–Trinajstić information content (AvgIpc) is 3.27. The van der Waals surface area contributed by atoms with Crippen molar-refractivity contribution in [3.63, 3.8) is 0 Å². The minimum Gasteiger partial charge on any atom is -0.481 e. The molecule has 2 saturated heterocycles. The fourth-order valence-electron chi connectivity index (χ4n) is 2.48. The molecule has 0 radical (unpaired) electrons. The molecule has 0 spiro atoms. The molecule has 0 aromatic heterocycles. The summed E-state index contributed by atoms with van der Waals surface area (Å²) >= 11 is 0. The molecule has 4 N–H and O–H groups in total. The zero-order chi connectivity index (χ0) is 20.7. The number of urea groups is 1. The van der Waals surface area contributed by atoms with Gasteiger partial charge in [0.25, 0.3) is 0 Å². The lowest BCUT2D eigenvalue weighted by atomic mass is 10.1. The Labute approximate surface area is 159 Å². The fraction of sp³-hybridized carbons (Fsp3) is 0.353. The first-order valence-corrected chi connectivity index (χ1v) is 8.29. The maximum atomic E-state index is 11.7. The number of nitrogens with one attached hydrogen (secondary N) is 2. The lowest BCUT2D eigenvalue weighted by Crippen LogP contribution is -2.44. The summed E-state index contributed by atoms with van der Waals surface area (Å²) in [4.78, 5) is 55.1. The third-order valence-electron chi connectivity index (χ3n) is 3.99. The number of benzene rings is 1. The molecule has 0 saturated carbocycles. The normalized spacial score (nSPS) is 20.5. The van der Waals surface area contributed by atoms with Gasteiger partial charge in [-0.1, -0.05) is 30.3 Å². The topological polar surface area (TPSA) is 162 Å². The minimum absolute atomic E-state index is 0.0181. The van der Waals surface area contributed by atoms with Gasteiger partial charge in [-0.2, -0.15) is 0 Å². The predicted octanol–water partition coefficient (Wildman–Crippen LogP) is 0.00870. The number of aliphatic carboxylic acids is 2. The summed E-state index contributed by atoms with van der Waals surface area (Å²) in [5, 5.41) is 21.9. The monoisotopic (exact) mass is 393 g/mol. The van der Waals surface area contributed by atoms with E-state index in [-0.39, 0.29) is 32.0 Å². The Hall–Kier alpha value is -3.63. The highest BCUT2D eigenvalue weighted by Crippen LogP contribution is 2.11. The molecule has 2 aliphatic heterocycles. The summed E-state index contributed by atoms with van der Waals surface area (Å²) < 4.78 is 4.93. The summed E-state index contributed by atoms with van der Waals surface area (Å²) in [6.07, 6.45) is -0.832. The zero-order valence-electron chi connectivity index (χ0n) is 14.7. The smallest absolute Gasteiger partial charge is 0.419 e. The largest absolute Gasteiger partial charge is 0.481 e. The molecule has 3 rings (SSSR count). The van der Waals surface area contributed by atoms with Crippen LogP contribution in [0.4, 0.5) is 9.59 Å². The van der Waals surface area contributed by atoms with Crippen molar-refractivity contribution in [2.75, 3.05) is 13.1 Å². The highest BCUT2D eigenvalue weighted by atomic mass is 16.6. The number of carboxylic acid groups (broad SMARTS) is 2. The highest BCUT2D eigenvalue weighted by molar-refractivity contribution is 5.98. The van der Waals surface area contributed by atoms with E-state index >= 15 is 0 Å². The van der Waals surface area contributed by atoms with Crippen molar-refractivity contribution in [2.45, 2.75) is 19.1 Å². The van der Waals surface area contributed by atoms with Gasteiger partial charge in [-0.05, 0) is 5.56 Å². The molecule has 11 heteroatoms. The number of hydrogen-bond donors (Lipinski definition) is 4. The number of amides is 4. The molecule has 2 aliphatic rings. The molecule has 28 heavy (non-hydrogen) atoms. The van der Waals surface area contributed by atoms with Crippen LogP contribution in [-0.2, 0) is 25.7 Å². The lowest BCUT2D eigenvalue weighted by Gasteiger charge is -2.17. The molecular weight excluding hydrogens is 374 g/mol. The van der Waals surface area contributed by atoms with Gasteiger partial charge in [0.15, 0.2) is 6.04 Å². The number of rotatable bonds is 4. The second kappa shape index (κ2) is 9.35. The van der Waals surface area contributed by atoms with Crippen LogP contribution in [0, 0.1) is 5.92 Å². The molecule has 0 aliphatic carbocycles. The van der Waals surface area contributed by atoms with Gasteiger partial charge in [0.1, 0.15) is 6.61 Å². The van der Waals surface area contributed by atoms with E-state index in [1.807, 2.05) is 6.07 Å². The van der Waals surface area contributed by atoms with E-state index in [9.17, 15) is 24.0 Å². The van der Waals surface area contributed by atoms with Gasteiger partial charge in [0.05, 0.1) is 12.5 Å².